The highest BCUT2D eigenvalue weighted by atomic mass is 19.1. The molecule has 25 nitrogen and oxygen atoms in total. The molecule has 3 aliphatic heterocycles. The standard InChI is InChI=1S/C67H82FN9O16/c1-4-67(92)45-32-51-62-43(35-77(51)65(90)44(45)36-93-66(67)91)61-48(21-20-42-38(3)46(68)33-50(75-62)60(42)61)73-56(83)18-13-26-70-54(81)24-22-52(79)49(29-39-14-7-5-8-15-39)74-57(84)23-19-41(78)34-71-63(88)40(31-59(86)87)30-53(80)47(16-10-11-25-69)72-55(82)17-9-6-12-27-76-58(85)28-37(2)64(76)89/h5,7-8,14-15,32-33,37,40,47-49,92H,4,6,9-13,16-31,34-36,69H2,1-3H3,(H,70,81)(H,71,88)(H,72,82)(H,73,83)(H,74,84)(H,86,87)/t37?,40-,47-,48-,49-,67-/m0/s1. The van der Waals surface area contributed by atoms with Gasteiger partial charge in [-0.3, -0.25) is 62.4 Å². The van der Waals surface area contributed by atoms with Gasteiger partial charge in [0, 0.05) is 93.0 Å². The number of halogens is 1. The van der Waals surface area contributed by atoms with Crippen molar-refractivity contribution in [1.82, 2.24) is 41.0 Å². The minimum atomic E-state index is -2.06. The zero-order chi connectivity index (χ0) is 67.3. The first-order chi connectivity index (χ1) is 44.4. The minimum absolute atomic E-state index is 0.0104. The van der Waals surface area contributed by atoms with Crippen molar-refractivity contribution in [3.05, 3.63) is 97.6 Å². The lowest BCUT2D eigenvalue weighted by Crippen LogP contribution is -2.44. The number of ether oxygens (including phenoxy) is 1. The highest BCUT2D eigenvalue weighted by molar-refractivity contribution is 6.03. The number of cyclic esters (lactones) is 1. The minimum Gasteiger partial charge on any atom is -0.481 e. The summed E-state index contributed by atoms with van der Waals surface area (Å²) in [6.45, 7) is 4.75. The number of carbonyl (C=O) groups is 12. The summed E-state index contributed by atoms with van der Waals surface area (Å²) in [6.07, 6.45) is 1.17. The van der Waals surface area contributed by atoms with E-state index in [-0.39, 0.29) is 125 Å². The maximum atomic E-state index is 15.5. The van der Waals surface area contributed by atoms with Crippen LogP contribution in [0.15, 0.2) is 47.3 Å². The van der Waals surface area contributed by atoms with E-state index in [0.717, 1.165) is 5.56 Å². The number of nitrogens with one attached hydrogen (secondary N) is 5. The van der Waals surface area contributed by atoms with E-state index >= 15 is 4.39 Å². The number of unbranched alkanes of at least 4 members (excludes halogenated alkanes) is 3. The van der Waals surface area contributed by atoms with Crippen LogP contribution in [0.5, 0.6) is 0 Å². The summed E-state index contributed by atoms with van der Waals surface area (Å²) in [5.74, 6) is -9.47. The zero-order valence-electron chi connectivity index (χ0n) is 52.7. The number of fused-ring (bicyclic) bond motifs is 5. The predicted molar refractivity (Wildman–Crippen MR) is 333 cm³/mol. The van der Waals surface area contributed by atoms with Gasteiger partial charge in [0.05, 0.1) is 66.0 Å². The number of likely N-dealkylation sites (tertiary alicyclic amines) is 1. The number of hydrogen-bond acceptors (Lipinski definition) is 17. The van der Waals surface area contributed by atoms with E-state index in [1.165, 1.54) is 15.5 Å². The molecule has 1 fully saturated rings. The molecular weight excluding hydrogens is 1210 g/mol. The van der Waals surface area contributed by atoms with E-state index in [0.29, 0.717) is 96.0 Å². The van der Waals surface area contributed by atoms with Crippen molar-refractivity contribution < 1.29 is 76.9 Å². The van der Waals surface area contributed by atoms with E-state index < -0.39 is 120 Å². The van der Waals surface area contributed by atoms with Crippen LogP contribution in [-0.2, 0) is 93.9 Å². The Balaban J connectivity index is 0.791. The highest BCUT2D eigenvalue weighted by Crippen LogP contribution is 2.46. The van der Waals surface area contributed by atoms with Gasteiger partial charge in [0.2, 0.25) is 41.4 Å². The highest BCUT2D eigenvalue weighted by Gasteiger charge is 2.46. The fraction of sp³-hybridized carbons (Fsp3) is 0.522. The Morgan fingerprint density at radius 3 is 2.24 bits per heavy atom. The van der Waals surface area contributed by atoms with Gasteiger partial charge in [-0.1, -0.05) is 50.6 Å². The van der Waals surface area contributed by atoms with Crippen molar-refractivity contribution in [3.63, 3.8) is 0 Å². The van der Waals surface area contributed by atoms with Crippen LogP contribution >= 0.6 is 0 Å². The molecule has 26 heteroatoms. The van der Waals surface area contributed by atoms with Crippen LogP contribution in [0, 0.1) is 24.6 Å². The number of Topliss-reactive ketones (excluding diaryl/α,β-unsaturated/α-hetero) is 3. The van der Waals surface area contributed by atoms with Crippen LogP contribution in [0.2, 0.25) is 0 Å². The number of aryl methyl sites for hydroxylation is 1. The number of amides is 7. The van der Waals surface area contributed by atoms with Gasteiger partial charge < -0.3 is 51.8 Å². The Labute approximate surface area is 536 Å². The van der Waals surface area contributed by atoms with Crippen molar-refractivity contribution in [3.8, 4) is 11.4 Å². The average molecular weight is 1290 g/mol. The molecule has 0 bridgehead atoms. The van der Waals surface area contributed by atoms with E-state index in [1.807, 2.05) is 0 Å². The Bertz CT molecular complexity index is 3670. The average Bonchev–Trinajstić information content (AvgIpc) is 1.61. The molecule has 1 aliphatic carbocycles. The second kappa shape index (κ2) is 31.6. The summed E-state index contributed by atoms with van der Waals surface area (Å²) >= 11 is 0. The number of carboxylic acids is 1. The smallest absolute Gasteiger partial charge is 0.343 e. The molecule has 6 atom stereocenters. The third kappa shape index (κ3) is 17.0. The van der Waals surface area contributed by atoms with Gasteiger partial charge >= 0.3 is 11.9 Å². The summed E-state index contributed by atoms with van der Waals surface area (Å²) in [6, 6.07) is 8.95. The first-order valence-electron chi connectivity index (χ1n) is 32.0. The number of esters is 1. The molecule has 9 N–H and O–H groups in total. The molecule has 4 aliphatic rings. The molecule has 0 radical (unpaired) electrons. The number of imide groups is 1. The Morgan fingerprint density at radius 1 is 0.806 bits per heavy atom. The lowest BCUT2D eigenvalue weighted by molar-refractivity contribution is -0.172. The number of benzene rings is 2. The number of hydrogen-bond donors (Lipinski definition) is 8. The van der Waals surface area contributed by atoms with Gasteiger partial charge in [0.15, 0.2) is 23.0 Å². The van der Waals surface area contributed by atoms with Crippen LogP contribution in [-0.4, -0.2) is 134 Å². The maximum absolute atomic E-state index is 15.5. The van der Waals surface area contributed by atoms with Crippen LogP contribution in [0.3, 0.4) is 0 Å². The van der Waals surface area contributed by atoms with Crippen LogP contribution in [0.4, 0.5) is 4.39 Å². The van der Waals surface area contributed by atoms with Crippen LogP contribution < -0.4 is 37.9 Å². The lowest BCUT2D eigenvalue weighted by atomic mass is 9.81. The molecule has 1 unspecified atom stereocenters. The van der Waals surface area contributed by atoms with E-state index in [9.17, 15) is 72.5 Å². The Hall–Kier alpha value is -8.91. The van der Waals surface area contributed by atoms with Crippen molar-refractivity contribution in [2.45, 2.75) is 186 Å². The molecule has 0 saturated carbocycles. The van der Waals surface area contributed by atoms with Gasteiger partial charge in [-0.25, -0.2) is 14.2 Å². The summed E-state index contributed by atoms with van der Waals surface area (Å²) in [5, 5.41) is 35.4. The number of aliphatic carboxylic acids is 1. The van der Waals surface area contributed by atoms with Crippen molar-refractivity contribution >= 4 is 81.5 Å². The van der Waals surface area contributed by atoms with E-state index in [2.05, 4.69) is 26.6 Å². The molecule has 498 valence electrons. The predicted octanol–water partition coefficient (Wildman–Crippen LogP) is 3.69. The summed E-state index contributed by atoms with van der Waals surface area (Å²) in [5.41, 5.74) is 7.64. The van der Waals surface area contributed by atoms with E-state index in [1.54, 1.807) is 57.2 Å². The third-order valence-electron chi connectivity index (χ3n) is 18.0. The number of nitrogens with zero attached hydrogens (tertiary/aromatic N) is 3. The Kier molecular flexibility index (Phi) is 23.8. The van der Waals surface area contributed by atoms with Gasteiger partial charge in [-0.2, -0.15) is 0 Å². The van der Waals surface area contributed by atoms with Gasteiger partial charge in [0.25, 0.3) is 5.56 Å². The molecule has 0 spiro atoms. The first kappa shape index (κ1) is 70.0. The van der Waals surface area contributed by atoms with Gasteiger partial charge in [0.1, 0.15) is 12.4 Å². The van der Waals surface area contributed by atoms with Crippen LogP contribution in [0.1, 0.15) is 174 Å². The third-order valence-corrected chi connectivity index (χ3v) is 18.0. The number of ketones is 3. The van der Waals surface area contributed by atoms with Gasteiger partial charge in [-0.15, -0.1) is 0 Å². The fourth-order valence-corrected chi connectivity index (χ4v) is 12.7. The quantitative estimate of drug-likeness (QED) is 0.0163. The maximum Gasteiger partial charge on any atom is 0.343 e. The number of carbonyl (C=O) groups excluding carboxylic acids is 11. The molecule has 4 aromatic rings. The van der Waals surface area contributed by atoms with Crippen molar-refractivity contribution in [2.75, 3.05) is 26.2 Å². The number of carboxylic acid groups (broad SMARTS) is 1. The topological polar surface area (TPSA) is 379 Å². The second-order valence-electron chi connectivity index (χ2n) is 24.6. The molecule has 2 aromatic carbocycles. The molecule has 93 heavy (non-hydrogen) atoms. The Morgan fingerprint density at radius 2 is 1.53 bits per heavy atom. The van der Waals surface area contributed by atoms with Crippen molar-refractivity contribution in [1.29, 1.82) is 0 Å². The molecular formula is C67H82FN9O16. The van der Waals surface area contributed by atoms with Crippen molar-refractivity contribution in [2.24, 2.45) is 17.6 Å². The summed E-state index contributed by atoms with van der Waals surface area (Å²) < 4.78 is 22.2. The van der Waals surface area contributed by atoms with Gasteiger partial charge in [-0.05, 0) is 106 Å². The zero-order valence-corrected chi connectivity index (χ0v) is 52.7. The van der Waals surface area contributed by atoms with E-state index in [4.69, 9.17) is 15.5 Å². The second-order valence-corrected chi connectivity index (χ2v) is 24.6. The molecule has 8 rings (SSSR count). The number of aliphatic hydroxyl groups is 1. The normalized spacial score (nSPS) is 17.9. The largest absolute Gasteiger partial charge is 0.481 e. The number of rotatable bonds is 35. The monoisotopic (exact) mass is 1290 g/mol. The number of aromatic nitrogens is 2. The van der Waals surface area contributed by atoms with Crippen LogP contribution in [0.25, 0.3) is 22.3 Å². The summed E-state index contributed by atoms with van der Waals surface area (Å²) in [4.78, 5) is 176. The first-order valence-corrected chi connectivity index (χ1v) is 32.0. The summed E-state index contributed by atoms with van der Waals surface area (Å²) in [7, 11) is 0. The molecule has 7 amide bonds. The lowest BCUT2D eigenvalue weighted by Gasteiger charge is -2.31. The fourth-order valence-electron chi connectivity index (χ4n) is 12.7. The molecule has 1 saturated heterocycles. The number of pyridine rings is 2. The molecule has 5 heterocycles. The molecule has 2 aromatic heterocycles. The number of nitrogens with two attached hydrogens (primary N) is 1. The SMILES string of the molecule is CC[C@@]1(O)C(=O)OCc2c1cc1n(c2=O)Cc2c-1nc1cc(F)c(C)c3c1c2[C@@H](NC(=O)CCCNC(=O)CCC(=O)[C@H](Cc1ccccc1)NC(=O)CCC(=O)CNC(=O)[C@H](CC(=O)O)CC(=O)[C@H](CCCCN)NC(=O)CCCCCN1C(=O)CC(C)C1=O)CC3.